The molecule has 33 heavy (non-hydrogen) atoms. The van der Waals surface area contributed by atoms with Crippen molar-refractivity contribution in [3.05, 3.63) is 53.5 Å². The molecule has 0 unspecified atom stereocenters. The summed E-state index contributed by atoms with van der Waals surface area (Å²) in [7, 11) is -2.61. The first-order chi connectivity index (χ1) is 15.8. The van der Waals surface area contributed by atoms with E-state index in [4.69, 9.17) is 9.26 Å². The average Bonchev–Trinajstić information content (AvgIpc) is 3.52. The van der Waals surface area contributed by atoms with Crippen LogP contribution in [0.5, 0.6) is 0 Å². The number of rotatable bonds is 7. The lowest BCUT2D eigenvalue weighted by atomic mass is 10.1. The molecule has 1 aliphatic rings. The van der Waals surface area contributed by atoms with E-state index >= 15 is 0 Å². The first kappa shape index (κ1) is 23.1. The zero-order chi connectivity index (χ0) is 23.4. The summed E-state index contributed by atoms with van der Waals surface area (Å²) in [6.45, 7) is 1.49. The number of morpholine rings is 1. The number of carbonyl (C=O) groups excluding carboxylic acids is 2. The molecule has 0 spiro atoms. The van der Waals surface area contributed by atoms with Crippen LogP contribution < -0.4 is 5.32 Å². The van der Waals surface area contributed by atoms with Gasteiger partial charge in [-0.25, -0.2) is 8.42 Å². The third-order valence-electron chi connectivity index (χ3n) is 5.01. The van der Waals surface area contributed by atoms with Crippen LogP contribution in [-0.4, -0.2) is 74.5 Å². The van der Waals surface area contributed by atoms with E-state index in [1.165, 1.54) is 25.4 Å². The highest BCUT2D eigenvalue weighted by Crippen LogP contribution is 2.26. The minimum Gasteiger partial charge on any atom is -0.378 e. The predicted octanol–water partition coefficient (Wildman–Crippen LogP) is 2.13. The Balaban J connectivity index is 1.37. The van der Waals surface area contributed by atoms with Gasteiger partial charge < -0.3 is 19.5 Å². The molecule has 0 saturated carbocycles. The fourth-order valence-corrected chi connectivity index (χ4v) is 5.83. The Morgan fingerprint density at radius 3 is 2.52 bits per heavy atom. The molecule has 1 aromatic carbocycles. The van der Waals surface area contributed by atoms with Gasteiger partial charge in [0.05, 0.1) is 30.8 Å². The van der Waals surface area contributed by atoms with Crippen molar-refractivity contribution in [3.63, 3.8) is 0 Å². The van der Waals surface area contributed by atoms with Gasteiger partial charge in [-0.1, -0.05) is 5.16 Å². The number of nitrogens with one attached hydrogen (secondary N) is 1. The maximum Gasteiger partial charge on any atom is 0.264 e. The average molecular weight is 491 g/mol. The van der Waals surface area contributed by atoms with Crippen molar-refractivity contribution < 1.29 is 27.3 Å². The Kier molecular flexibility index (Phi) is 6.88. The van der Waals surface area contributed by atoms with Crippen LogP contribution in [0.15, 0.2) is 57.4 Å². The highest BCUT2D eigenvalue weighted by Gasteiger charge is 2.27. The lowest BCUT2D eigenvalue weighted by Gasteiger charge is -2.26. The number of thiophene rings is 1. The quantitative estimate of drug-likeness (QED) is 0.538. The summed E-state index contributed by atoms with van der Waals surface area (Å²) in [6.07, 6.45) is 1.54. The van der Waals surface area contributed by atoms with E-state index < -0.39 is 15.9 Å². The second-order valence-electron chi connectivity index (χ2n) is 7.29. The lowest BCUT2D eigenvalue weighted by molar-refractivity contribution is -0.116. The maximum atomic E-state index is 12.9. The van der Waals surface area contributed by atoms with Gasteiger partial charge >= 0.3 is 0 Å². The van der Waals surface area contributed by atoms with Gasteiger partial charge in [-0.2, -0.15) is 4.31 Å². The highest BCUT2D eigenvalue weighted by atomic mass is 32.2. The molecule has 0 aliphatic carbocycles. The zero-order valence-corrected chi connectivity index (χ0v) is 19.4. The summed E-state index contributed by atoms with van der Waals surface area (Å²) < 4.78 is 37.1. The molecule has 3 aromatic rings. The number of sulfonamides is 1. The molecule has 0 atom stereocenters. The molecule has 174 valence electrons. The Labute approximate surface area is 194 Å². The fourth-order valence-electron chi connectivity index (χ4n) is 3.22. The summed E-state index contributed by atoms with van der Waals surface area (Å²) in [6, 6.07) is 11.5. The minimum absolute atomic E-state index is 0.00539. The molecule has 0 bridgehead atoms. The third-order valence-corrected chi connectivity index (χ3v) is 8.36. The Bertz CT molecular complexity index is 1220. The topological polar surface area (TPSA) is 122 Å². The van der Waals surface area contributed by atoms with Gasteiger partial charge in [0, 0.05) is 37.5 Å². The molecule has 1 aliphatic heterocycles. The predicted molar refractivity (Wildman–Crippen MR) is 121 cm³/mol. The normalized spacial score (nSPS) is 14.4. The van der Waals surface area contributed by atoms with E-state index in [9.17, 15) is 18.0 Å². The van der Waals surface area contributed by atoms with Crippen molar-refractivity contribution in [1.82, 2.24) is 14.4 Å². The van der Waals surface area contributed by atoms with Gasteiger partial charge in [0.2, 0.25) is 5.91 Å². The van der Waals surface area contributed by atoms with E-state index in [0.29, 0.717) is 42.6 Å². The molecule has 0 radical (unpaired) electrons. The Morgan fingerprint density at radius 2 is 1.85 bits per heavy atom. The van der Waals surface area contributed by atoms with Crippen LogP contribution in [0.4, 0.5) is 5.69 Å². The number of likely N-dealkylation sites (N-methyl/N-ethyl adjacent to an activating group) is 1. The number of benzene rings is 1. The third kappa shape index (κ3) is 5.30. The van der Waals surface area contributed by atoms with Crippen molar-refractivity contribution >= 4 is 38.9 Å². The number of anilines is 1. The molecular weight excluding hydrogens is 468 g/mol. The smallest absolute Gasteiger partial charge is 0.264 e. The molecule has 2 aromatic heterocycles. The molecule has 4 rings (SSSR count). The molecular formula is C21H22N4O6S2. The van der Waals surface area contributed by atoms with E-state index in [-0.39, 0.29) is 16.7 Å². The largest absolute Gasteiger partial charge is 0.378 e. The summed E-state index contributed by atoms with van der Waals surface area (Å²) in [5.41, 5.74) is 1.31. The highest BCUT2D eigenvalue weighted by molar-refractivity contribution is 7.91. The van der Waals surface area contributed by atoms with Crippen LogP contribution in [0.1, 0.15) is 9.67 Å². The number of aromatic nitrogens is 1. The first-order valence-electron chi connectivity index (χ1n) is 10.1. The Morgan fingerprint density at radius 1 is 1.12 bits per heavy atom. The Hall–Kier alpha value is -3.06. The second-order valence-corrected chi connectivity index (χ2v) is 10.6. The van der Waals surface area contributed by atoms with Crippen LogP contribution in [0.3, 0.4) is 0 Å². The van der Waals surface area contributed by atoms with E-state index in [2.05, 4.69) is 10.5 Å². The lowest BCUT2D eigenvalue weighted by Crippen LogP contribution is -2.40. The summed E-state index contributed by atoms with van der Waals surface area (Å²) in [5, 5.41) is 6.33. The van der Waals surface area contributed by atoms with Gasteiger partial charge in [0.25, 0.3) is 15.9 Å². The van der Waals surface area contributed by atoms with Crippen molar-refractivity contribution in [2.75, 3.05) is 45.2 Å². The van der Waals surface area contributed by atoms with Gasteiger partial charge in [-0.3, -0.25) is 9.59 Å². The molecule has 1 N–H and O–H groups in total. The van der Waals surface area contributed by atoms with Crippen LogP contribution in [-0.2, 0) is 19.6 Å². The van der Waals surface area contributed by atoms with Crippen LogP contribution in [0.25, 0.3) is 11.3 Å². The minimum atomic E-state index is -3.93. The van der Waals surface area contributed by atoms with Crippen LogP contribution in [0.2, 0.25) is 0 Å². The van der Waals surface area contributed by atoms with Crippen molar-refractivity contribution in [2.24, 2.45) is 0 Å². The monoisotopic (exact) mass is 490 g/mol. The number of ether oxygens (including phenoxy) is 1. The number of amides is 2. The summed E-state index contributed by atoms with van der Waals surface area (Å²) in [4.78, 5) is 27.0. The van der Waals surface area contributed by atoms with Crippen molar-refractivity contribution in [3.8, 4) is 11.3 Å². The zero-order valence-electron chi connectivity index (χ0n) is 17.8. The fraction of sp³-hybridized carbons (Fsp3) is 0.286. The molecule has 1 fully saturated rings. The van der Waals surface area contributed by atoms with E-state index in [0.717, 1.165) is 21.2 Å². The molecule has 1 saturated heterocycles. The van der Waals surface area contributed by atoms with Gasteiger partial charge in [0.1, 0.15) is 4.21 Å². The SMILES string of the molecule is CN(CC(=O)Nc1ccc(-c2ccno2)cc1)S(=O)(=O)c1ccc(C(=O)N2CCOCC2)s1. The molecule has 2 amide bonds. The first-order valence-corrected chi connectivity index (χ1v) is 12.3. The second kappa shape index (κ2) is 9.83. The summed E-state index contributed by atoms with van der Waals surface area (Å²) in [5.74, 6) is -0.116. The van der Waals surface area contributed by atoms with Crippen LogP contribution >= 0.6 is 11.3 Å². The number of hydrogen-bond donors (Lipinski definition) is 1. The summed E-state index contributed by atoms with van der Waals surface area (Å²) >= 11 is 0.894. The number of carbonyl (C=O) groups is 2. The maximum absolute atomic E-state index is 12.9. The van der Waals surface area contributed by atoms with E-state index in [1.807, 2.05) is 0 Å². The van der Waals surface area contributed by atoms with Crippen molar-refractivity contribution in [1.29, 1.82) is 0 Å². The van der Waals surface area contributed by atoms with Crippen molar-refractivity contribution in [2.45, 2.75) is 4.21 Å². The molecule has 10 nitrogen and oxygen atoms in total. The van der Waals surface area contributed by atoms with Gasteiger partial charge in [0.15, 0.2) is 5.76 Å². The standard InChI is InChI=1S/C21H22N4O6S2/c1-24(14-19(26)23-16-4-2-15(3-5-16)17-8-9-22-31-17)33(28,29)20-7-6-18(32-20)21(27)25-10-12-30-13-11-25/h2-9H,10-14H2,1H3,(H,23,26). The number of nitrogens with zero attached hydrogens (tertiary/aromatic N) is 3. The molecule has 12 heteroatoms. The van der Waals surface area contributed by atoms with E-state index in [1.54, 1.807) is 35.2 Å². The number of hydrogen-bond acceptors (Lipinski definition) is 8. The van der Waals surface area contributed by atoms with Crippen LogP contribution in [0, 0.1) is 0 Å². The van der Waals surface area contributed by atoms with Gasteiger partial charge in [-0.05, 0) is 36.4 Å². The molecule has 3 heterocycles. The van der Waals surface area contributed by atoms with Gasteiger partial charge in [-0.15, -0.1) is 11.3 Å².